The van der Waals surface area contributed by atoms with Gasteiger partial charge in [-0.1, -0.05) is 6.92 Å². The van der Waals surface area contributed by atoms with Gasteiger partial charge in [0, 0.05) is 16.8 Å². The monoisotopic (exact) mass is 261 g/mol. The first-order valence-corrected chi connectivity index (χ1v) is 7.52. The van der Waals surface area contributed by atoms with Gasteiger partial charge in [-0.05, 0) is 0 Å². The highest BCUT2D eigenvalue weighted by Gasteiger charge is 2.27. The fraction of sp³-hybridized carbons (Fsp3) is 0.556. The van der Waals surface area contributed by atoms with E-state index in [9.17, 15) is 4.79 Å². The van der Waals surface area contributed by atoms with Crippen LogP contribution in [0.4, 0.5) is 0 Å². The van der Waals surface area contributed by atoms with Crippen molar-refractivity contribution in [3.8, 4) is 0 Å². The summed E-state index contributed by atoms with van der Waals surface area (Å²) in [5.74, 6) is 1.43. The molecular formula is C9H11NO2S3. The molecule has 0 saturated carbocycles. The Morgan fingerprint density at radius 1 is 1.53 bits per heavy atom. The van der Waals surface area contributed by atoms with Crippen LogP contribution in [0.1, 0.15) is 26.9 Å². The minimum Gasteiger partial charge on any atom is -0.477 e. The average Bonchev–Trinajstić information content (AvgIpc) is 2.67. The van der Waals surface area contributed by atoms with Gasteiger partial charge in [-0.15, -0.1) is 23.1 Å². The molecule has 2 atom stereocenters. The van der Waals surface area contributed by atoms with E-state index in [4.69, 9.17) is 5.11 Å². The fourth-order valence-corrected chi connectivity index (χ4v) is 5.35. The molecule has 0 aliphatic carbocycles. The number of aromatic carboxylic acids is 1. The molecule has 0 aromatic carbocycles. The fourth-order valence-electron chi connectivity index (χ4n) is 1.42. The lowest BCUT2D eigenvalue weighted by molar-refractivity contribution is 0.0702. The normalized spacial score (nSPS) is 26.5. The van der Waals surface area contributed by atoms with Crippen molar-refractivity contribution in [2.45, 2.75) is 17.4 Å². The summed E-state index contributed by atoms with van der Waals surface area (Å²) in [4.78, 5) is 15.3. The first-order valence-electron chi connectivity index (χ1n) is 4.60. The summed E-state index contributed by atoms with van der Waals surface area (Å²) in [6, 6.07) is 0. The Bertz CT molecular complexity index is 366. The number of nitrogens with zero attached hydrogens (tertiary/aromatic N) is 1. The van der Waals surface area contributed by atoms with E-state index in [1.165, 1.54) is 23.3 Å². The summed E-state index contributed by atoms with van der Waals surface area (Å²) in [7, 11) is 0. The second-order valence-electron chi connectivity index (χ2n) is 3.24. The number of aromatic nitrogens is 1. The third-order valence-corrected chi connectivity index (χ3v) is 6.48. The van der Waals surface area contributed by atoms with Crippen molar-refractivity contribution >= 4 is 40.8 Å². The SMILES string of the molecule is CC1SCCSC1c1ncc(C(=O)O)s1. The molecule has 2 unspecified atom stereocenters. The van der Waals surface area contributed by atoms with Gasteiger partial charge in [-0.3, -0.25) is 0 Å². The van der Waals surface area contributed by atoms with Gasteiger partial charge in [0.25, 0.3) is 0 Å². The van der Waals surface area contributed by atoms with Crippen molar-refractivity contribution in [3.05, 3.63) is 16.1 Å². The quantitative estimate of drug-likeness (QED) is 0.887. The highest BCUT2D eigenvalue weighted by Crippen LogP contribution is 2.43. The van der Waals surface area contributed by atoms with Crippen LogP contribution >= 0.6 is 34.9 Å². The van der Waals surface area contributed by atoms with Crippen LogP contribution in [0.3, 0.4) is 0 Å². The highest BCUT2D eigenvalue weighted by molar-refractivity contribution is 8.06. The van der Waals surface area contributed by atoms with E-state index in [2.05, 4.69) is 11.9 Å². The van der Waals surface area contributed by atoms with Crippen LogP contribution in [0, 0.1) is 0 Å². The van der Waals surface area contributed by atoms with E-state index < -0.39 is 5.97 Å². The van der Waals surface area contributed by atoms with Crippen molar-refractivity contribution in [3.63, 3.8) is 0 Å². The Morgan fingerprint density at radius 3 is 2.87 bits per heavy atom. The van der Waals surface area contributed by atoms with Gasteiger partial charge in [0.1, 0.15) is 9.88 Å². The number of hydrogen-bond donors (Lipinski definition) is 1. The van der Waals surface area contributed by atoms with Gasteiger partial charge >= 0.3 is 5.97 Å². The van der Waals surface area contributed by atoms with Gasteiger partial charge in [0.15, 0.2) is 0 Å². The van der Waals surface area contributed by atoms with Crippen molar-refractivity contribution in [1.82, 2.24) is 4.98 Å². The van der Waals surface area contributed by atoms with E-state index in [0.29, 0.717) is 15.4 Å². The van der Waals surface area contributed by atoms with E-state index in [1.807, 2.05) is 23.5 Å². The second kappa shape index (κ2) is 4.76. The molecule has 0 radical (unpaired) electrons. The molecule has 0 amide bonds. The molecule has 1 aromatic rings. The van der Waals surface area contributed by atoms with E-state index in [1.54, 1.807) is 0 Å². The predicted molar refractivity (Wildman–Crippen MR) is 66.2 cm³/mol. The molecule has 0 bridgehead atoms. The van der Waals surface area contributed by atoms with Gasteiger partial charge in [-0.25, -0.2) is 9.78 Å². The lowest BCUT2D eigenvalue weighted by Crippen LogP contribution is -2.15. The first-order chi connectivity index (χ1) is 7.18. The smallest absolute Gasteiger partial charge is 0.347 e. The lowest BCUT2D eigenvalue weighted by atomic mass is 10.3. The number of rotatable bonds is 2. The Hall–Kier alpha value is -0.200. The van der Waals surface area contributed by atoms with Gasteiger partial charge < -0.3 is 5.11 Å². The van der Waals surface area contributed by atoms with Gasteiger partial charge in [-0.2, -0.15) is 11.8 Å². The van der Waals surface area contributed by atoms with Crippen molar-refractivity contribution in [1.29, 1.82) is 0 Å². The lowest BCUT2D eigenvalue weighted by Gasteiger charge is -2.25. The maximum absolute atomic E-state index is 10.7. The number of carboxylic acid groups (broad SMARTS) is 1. The van der Waals surface area contributed by atoms with Crippen LogP contribution in [0.5, 0.6) is 0 Å². The zero-order valence-corrected chi connectivity index (χ0v) is 10.6. The molecule has 3 nitrogen and oxygen atoms in total. The summed E-state index contributed by atoms with van der Waals surface area (Å²) in [5.41, 5.74) is 0. The molecular weight excluding hydrogens is 250 g/mol. The summed E-state index contributed by atoms with van der Waals surface area (Å²) in [5, 5.41) is 10.7. The number of carbonyl (C=O) groups is 1. The van der Waals surface area contributed by atoms with Crippen LogP contribution in [0.25, 0.3) is 0 Å². The summed E-state index contributed by atoms with van der Waals surface area (Å²) in [6.07, 6.45) is 1.47. The Balaban J connectivity index is 2.17. The minimum absolute atomic E-state index is 0.341. The van der Waals surface area contributed by atoms with Crippen molar-refractivity contribution < 1.29 is 9.90 Å². The Morgan fingerprint density at radius 2 is 2.27 bits per heavy atom. The molecule has 0 spiro atoms. The van der Waals surface area contributed by atoms with E-state index in [-0.39, 0.29) is 0 Å². The van der Waals surface area contributed by atoms with Crippen molar-refractivity contribution in [2.24, 2.45) is 0 Å². The third-order valence-electron chi connectivity index (χ3n) is 2.17. The zero-order chi connectivity index (χ0) is 10.8. The molecule has 82 valence electrons. The third kappa shape index (κ3) is 2.49. The Labute approximate surface area is 101 Å². The molecule has 1 aliphatic rings. The van der Waals surface area contributed by atoms with E-state index >= 15 is 0 Å². The molecule has 1 N–H and O–H groups in total. The van der Waals surface area contributed by atoms with Crippen LogP contribution < -0.4 is 0 Å². The standard InChI is InChI=1S/C9H11NO2S3/c1-5-7(14-3-2-13-5)8-10-4-6(15-8)9(11)12/h4-5,7H,2-3H2,1H3,(H,11,12). The van der Waals surface area contributed by atoms with Gasteiger partial charge in [0.05, 0.1) is 11.4 Å². The molecule has 15 heavy (non-hydrogen) atoms. The number of thiazole rings is 1. The predicted octanol–water partition coefficient (Wildman–Crippen LogP) is 2.75. The largest absolute Gasteiger partial charge is 0.477 e. The van der Waals surface area contributed by atoms with Crippen LogP contribution in [0.2, 0.25) is 0 Å². The minimum atomic E-state index is -0.875. The van der Waals surface area contributed by atoms with Crippen LogP contribution in [0.15, 0.2) is 6.20 Å². The topological polar surface area (TPSA) is 50.2 Å². The molecule has 1 saturated heterocycles. The second-order valence-corrected chi connectivity index (χ2v) is 7.03. The first kappa shape index (κ1) is 11.3. The van der Waals surface area contributed by atoms with Crippen LogP contribution in [-0.2, 0) is 0 Å². The van der Waals surface area contributed by atoms with Crippen molar-refractivity contribution in [2.75, 3.05) is 11.5 Å². The van der Waals surface area contributed by atoms with Crippen LogP contribution in [-0.4, -0.2) is 32.8 Å². The molecule has 2 heterocycles. The summed E-state index contributed by atoms with van der Waals surface area (Å²) < 4.78 is 0. The summed E-state index contributed by atoms with van der Waals surface area (Å²) >= 11 is 5.13. The molecule has 1 fully saturated rings. The summed E-state index contributed by atoms with van der Waals surface area (Å²) in [6.45, 7) is 2.18. The molecule has 1 aromatic heterocycles. The number of hydrogen-bond acceptors (Lipinski definition) is 5. The number of thioether (sulfide) groups is 2. The maximum Gasteiger partial charge on any atom is 0.347 e. The maximum atomic E-state index is 10.7. The molecule has 6 heteroatoms. The molecule has 1 aliphatic heterocycles. The Kier molecular flexibility index (Phi) is 3.58. The number of carboxylic acids is 1. The zero-order valence-electron chi connectivity index (χ0n) is 8.17. The molecule has 2 rings (SSSR count). The highest BCUT2D eigenvalue weighted by atomic mass is 32.2. The van der Waals surface area contributed by atoms with Gasteiger partial charge in [0.2, 0.25) is 0 Å². The average molecular weight is 261 g/mol. The van der Waals surface area contributed by atoms with E-state index in [0.717, 1.165) is 10.8 Å².